The van der Waals surface area contributed by atoms with Crippen molar-refractivity contribution in [3.63, 3.8) is 0 Å². The molecule has 0 bridgehead atoms. The van der Waals surface area contributed by atoms with Gasteiger partial charge in [0.25, 0.3) is 5.91 Å². The van der Waals surface area contributed by atoms with Gasteiger partial charge in [-0.15, -0.1) is 0 Å². The maximum absolute atomic E-state index is 12.4. The first-order chi connectivity index (χ1) is 8.26. The highest BCUT2D eigenvalue weighted by Crippen LogP contribution is 2.18. The van der Waals surface area contributed by atoms with Crippen LogP contribution >= 0.6 is 0 Å². The Morgan fingerprint density at radius 2 is 2.06 bits per heavy atom. The molecule has 0 fully saturated rings. The SMILES string of the molecule is CCN(CC(C)(C)O)C(=O)c1cccc(N)c1C. The number of rotatable bonds is 4. The minimum absolute atomic E-state index is 0.0931. The number of nitrogens with two attached hydrogens (primary N) is 1. The zero-order chi connectivity index (χ0) is 13.9. The van der Waals surface area contributed by atoms with E-state index in [0.717, 1.165) is 5.56 Å². The molecule has 18 heavy (non-hydrogen) atoms. The van der Waals surface area contributed by atoms with Crippen molar-refractivity contribution in [1.29, 1.82) is 0 Å². The minimum atomic E-state index is -0.903. The molecule has 0 radical (unpaired) electrons. The standard InChI is InChI=1S/C14H22N2O2/c1-5-16(9-14(3,4)18)13(17)11-7-6-8-12(15)10(11)2/h6-8,18H,5,9,15H2,1-4H3. The van der Waals surface area contributed by atoms with Crippen LogP contribution in [0.4, 0.5) is 5.69 Å². The number of likely N-dealkylation sites (N-methyl/N-ethyl adjacent to an activating group) is 1. The number of carbonyl (C=O) groups excluding carboxylic acids is 1. The van der Waals surface area contributed by atoms with Crippen molar-refractivity contribution in [3.8, 4) is 0 Å². The zero-order valence-corrected chi connectivity index (χ0v) is 11.5. The summed E-state index contributed by atoms with van der Waals surface area (Å²) in [6, 6.07) is 5.31. The van der Waals surface area contributed by atoms with Crippen LogP contribution in [0.15, 0.2) is 18.2 Å². The Hall–Kier alpha value is -1.55. The highest BCUT2D eigenvalue weighted by atomic mass is 16.3. The van der Waals surface area contributed by atoms with Crippen LogP contribution in [0.2, 0.25) is 0 Å². The summed E-state index contributed by atoms with van der Waals surface area (Å²) in [7, 11) is 0. The molecule has 0 aromatic heterocycles. The average molecular weight is 250 g/mol. The van der Waals surface area contributed by atoms with Gasteiger partial charge in [-0.1, -0.05) is 6.07 Å². The summed E-state index contributed by atoms with van der Waals surface area (Å²) in [6.07, 6.45) is 0. The molecule has 100 valence electrons. The Balaban J connectivity index is 3.01. The average Bonchev–Trinajstić information content (AvgIpc) is 2.27. The third kappa shape index (κ3) is 3.47. The second kappa shape index (κ2) is 5.40. The highest BCUT2D eigenvalue weighted by molar-refractivity contribution is 5.96. The van der Waals surface area contributed by atoms with Gasteiger partial charge in [0, 0.05) is 24.3 Å². The zero-order valence-electron chi connectivity index (χ0n) is 11.5. The van der Waals surface area contributed by atoms with Gasteiger partial charge in [-0.2, -0.15) is 0 Å². The molecule has 0 saturated heterocycles. The Morgan fingerprint density at radius 3 is 2.56 bits per heavy atom. The summed E-state index contributed by atoms with van der Waals surface area (Å²) in [6.45, 7) is 7.96. The van der Waals surface area contributed by atoms with Crippen LogP contribution in [0.3, 0.4) is 0 Å². The number of anilines is 1. The van der Waals surface area contributed by atoms with E-state index in [9.17, 15) is 9.90 Å². The Labute approximate surface area is 108 Å². The molecule has 1 rings (SSSR count). The number of hydrogen-bond acceptors (Lipinski definition) is 3. The summed E-state index contributed by atoms with van der Waals surface area (Å²) in [4.78, 5) is 14.0. The first-order valence-electron chi connectivity index (χ1n) is 6.13. The number of carbonyl (C=O) groups is 1. The lowest BCUT2D eigenvalue weighted by Gasteiger charge is -2.28. The van der Waals surface area contributed by atoms with Gasteiger partial charge >= 0.3 is 0 Å². The molecule has 4 nitrogen and oxygen atoms in total. The smallest absolute Gasteiger partial charge is 0.254 e. The van der Waals surface area contributed by atoms with Crippen molar-refractivity contribution in [3.05, 3.63) is 29.3 Å². The molecule has 4 heteroatoms. The van der Waals surface area contributed by atoms with Crippen LogP contribution < -0.4 is 5.73 Å². The van der Waals surface area contributed by atoms with E-state index in [1.165, 1.54) is 0 Å². The topological polar surface area (TPSA) is 66.6 Å². The van der Waals surface area contributed by atoms with E-state index >= 15 is 0 Å². The van der Waals surface area contributed by atoms with Crippen LogP contribution in [0.25, 0.3) is 0 Å². The van der Waals surface area contributed by atoms with Gasteiger partial charge in [-0.3, -0.25) is 4.79 Å². The van der Waals surface area contributed by atoms with Crippen molar-refractivity contribution >= 4 is 11.6 Å². The molecule has 0 aliphatic heterocycles. The van der Waals surface area contributed by atoms with Crippen LogP contribution in [0.1, 0.15) is 36.7 Å². The van der Waals surface area contributed by atoms with E-state index in [1.807, 2.05) is 13.8 Å². The quantitative estimate of drug-likeness (QED) is 0.801. The Morgan fingerprint density at radius 1 is 1.44 bits per heavy atom. The Bertz CT molecular complexity index is 436. The van der Waals surface area contributed by atoms with Gasteiger partial charge in [0.1, 0.15) is 0 Å². The molecular formula is C14H22N2O2. The summed E-state index contributed by atoms with van der Waals surface area (Å²) in [5.74, 6) is -0.0931. The predicted molar refractivity (Wildman–Crippen MR) is 73.5 cm³/mol. The lowest BCUT2D eigenvalue weighted by Crippen LogP contribution is -2.42. The van der Waals surface area contributed by atoms with Crippen LogP contribution in [0, 0.1) is 6.92 Å². The van der Waals surface area contributed by atoms with Crippen molar-refractivity contribution in [2.75, 3.05) is 18.8 Å². The van der Waals surface area contributed by atoms with Crippen molar-refractivity contribution in [2.24, 2.45) is 0 Å². The number of nitrogen functional groups attached to an aromatic ring is 1. The molecule has 0 unspecified atom stereocenters. The first kappa shape index (κ1) is 14.5. The maximum Gasteiger partial charge on any atom is 0.254 e. The monoisotopic (exact) mass is 250 g/mol. The fourth-order valence-electron chi connectivity index (χ4n) is 1.85. The molecule has 1 aromatic carbocycles. The van der Waals surface area contributed by atoms with Crippen LogP contribution in [-0.2, 0) is 0 Å². The van der Waals surface area contributed by atoms with Gasteiger partial charge in [-0.05, 0) is 45.4 Å². The van der Waals surface area contributed by atoms with Crippen molar-refractivity contribution < 1.29 is 9.90 Å². The number of benzene rings is 1. The second-order valence-corrected chi connectivity index (χ2v) is 5.15. The summed E-state index contributed by atoms with van der Waals surface area (Å²) in [5, 5.41) is 9.82. The normalized spacial score (nSPS) is 11.4. The van der Waals surface area contributed by atoms with E-state index in [4.69, 9.17) is 5.73 Å². The fraction of sp³-hybridized carbons (Fsp3) is 0.500. The van der Waals surface area contributed by atoms with E-state index in [-0.39, 0.29) is 5.91 Å². The van der Waals surface area contributed by atoms with E-state index in [2.05, 4.69) is 0 Å². The van der Waals surface area contributed by atoms with Crippen molar-refractivity contribution in [2.45, 2.75) is 33.3 Å². The lowest BCUT2D eigenvalue weighted by atomic mass is 10.0. The molecule has 1 amide bonds. The molecule has 0 spiro atoms. The number of aliphatic hydroxyl groups is 1. The first-order valence-corrected chi connectivity index (χ1v) is 6.13. The number of hydrogen-bond donors (Lipinski definition) is 2. The molecule has 1 aromatic rings. The van der Waals surface area contributed by atoms with Gasteiger partial charge in [0.05, 0.1) is 5.60 Å². The largest absolute Gasteiger partial charge is 0.398 e. The van der Waals surface area contributed by atoms with E-state index < -0.39 is 5.60 Å². The van der Waals surface area contributed by atoms with Gasteiger partial charge in [-0.25, -0.2) is 0 Å². The van der Waals surface area contributed by atoms with E-state index in [1.54, 1.807) is 36.9 Å². The summed E-state index contributed by atoms with van der Waals surface area (Å²) >= 11 is 0. The molecule has 0 saturated carbocycles. The molecule has 0 heterocycles. The molecule has 3 N–H and O–H groups in total. The van der Waals surface area contributed by atoms with Crippen molar-refractivity contribution in [1.82, 2.24) is 4.90 Å². The van der Waals surface area contributed by atoms with Gasteiger partial charge in [0.15, 0.2) is 0 Å². The summed E-state index contributed by atoms with van der Waals surface area (Å²) < 4.78 is 0. The molecule has 0 aliphatic rings. The summed E-state index contributed by atoms with van der Waals surface area (Å²) in [5.41, 5.74) is 6.90. The van der Waals surface area contributed by atoms with Gasteiger partial charge < -0.3 is 15.7 Å². The Kier molecular flexibility index (Phi) is 4.35. The number of nitrogens with zero attached hydrogens (tertiary/aromatic N) is 1. The number of amides is 1. The second-order valence-electron chi connectivity index (χ2n) is 5.15. The van der Waals surface area contributed by atoms with Crippen LogP contribution in [0.5, 0.6) is 0 Å². The molecular weight excluding hydrogens is 228 g/mol. The molecule has 0 atom stereocenters. The third-order valence-corrected chi connectivity index (χ3v) is 2.85. The fourth-order valence-corrected chi connectivity index (χ4v) is 1.85. The molecule has 0 aliphatic carbocycles. The predicted octanol–water partition coefficient (Wildman–Crippen LogP) is 1.81. The third-order valence-electron chi connectivity index (χ3n) is 2.85. The van der Waals surface area contributed by atoms with Gasteiger partial charge in [0.2, 0.25) is 0 Å². The maximum atomic E-state index is 12.4. The minimum Gasteiger partial charge on any atom is -0.398 e. The lowest BCUT2D eigenvalue weighted by molar-refractivity contribution is 0.0314. The van der Waals surface area contributed by atoms with E-state index in [0.29, 0.717) is 24.3 Å². The highest BCUT2D eigenvalue weighted by Gasteiger charge is 2.23. The van der Waals surface area contributed by atoms with Crippen LogP contribution in [-0.4, -0.2) is 34.6 Å².